The van der Waals surface area contributed by atoms with E-state index in [2.05, 4.69) is 11.0 Å². The Labute approximate surface area is 163 Å². The minimum atomic E-state index is -1.23. The Kier molecular flexibility index (Phi) is 3.67. The number of rotatable bonds is 3. The summed E-state index contributed by atoms with van der Waals surface area (Å²) in [7, 11) is 3.64. The number of piperidine rings is 1. The first-order chi connectivity index (χ1) is 13.3. The van der Waals surface area contributed by atoms with Crippen molar-refractivity contribution in [2.45, 2.75) is 55.5 Å². The number of benzene rings is 1. The molecule has 4 aliphatic rings. The molecule has 2 aliphatic heterocycles. The van der Waals surface area contributed by atoms with Crippen molar-refractivity contribution in [2.75, 3.05) is 20.7 Å². The summed E-state index contributed by atoms with van der Waals surface area (Å²) < 4.78 is 17.4. The second kappa shape index (κ2) is 5.72. The number of likely N-dealkylation sites (tertiary alicyclic amines) is 1. The lowest BCUT2D eigenvalue weighted by molar-refractivity contribution is -0.171. The number of aliphatic hydroxyl groups is 2. The zero-order valence-corrected chi connectivity index (χ0v) is 16.3. The van der Waals surface area contributed by atoms with Crippen LogP contribution in [0.1, 0.15) is 30.9 Å². The zero-order valence-electron chi connectivity index (χ0n) is 16.3. The highest BCUT2D eigenvalue weighted by atomic mass is 16.6. The number of carbonyl (C=O) groups is 1. The second-order valence-corrected chi connectivity index (χ2v) is 8.38. The number of ether oxygens (including phenoxy) is 3. The summed E-state index contributed by atoms with van der Waals surface area (Å²) in [5, 5.41) is 21.6. The van der Waals surface area contributed by atoms with Gasteiger partial charge >= 0.3 is 5.97 Å². The van der Waals surface area contributed by atoms with Gasteiger partial charge in [-0.25, -0.2) is 4.79 Å². The van der Waals surface area contributed by atoms with Crippen LogP contribution in [-0.2, 0) is 21.4 Å². The number of esters is 1. The third-order valence-corrected chi connectivity index (χ3v) is 7.12. The molecule has 2 aliphatic carbocycles. The molecule has 1 saturated heterocycles. The second-order valence-electron chi connectivity index (χ2n) is 8.38. The molecule has 2 bridgehead atoms. The number of hydrogen-bond acceptors (Lipinski definition) is 7. The molecule has 0 radical (unpaired) electrons. The maximum atomic E-state index is 12.1. The van der Waals surface area contributed by atoms with Gasteiger partial charge in [0, 0.05) is 18.0 Å². The molecule has 5 rings (SSSR count). The number of hydrogen-bond donors (Lipinski definition) is 2. The lowest BCUT2D eigenvalue weighted by Crippen LogP contribution is -2.74. The van der Waals surface area contributed by atoms with Crippen LogP contribution in [0.3, 0.4) is 0 Å². The van der Waals surface area contributed by atoms with Gasteiger partial charge < -0.3 is 29.3 Å². The summed E-state index contributed by atoms with van der Waals surface area (Å²) in [5.41, 5.74) is 0.394. The fourth-order valence-electron chi connectivity index (χ4n) is 5.79. The van der Waals surface area contributed by atoms with Crippen molar-refractivity contribution in [3.8, 4) is 11.5 Å². The van der Waals surface area contributed by atoms with Crippen molar-refractivity contribution in [2.24, 2.45) is 0 Å². The largest absolute Gasteiger partial charge is 0.493 e. The minimum Gasteiger partial charge on any atom is -0.493 e. The van der Waals surface area contributed by atoms with Gasteiger partial charge in [0.2, 0.25) is 0 Å². The van der Waals surface area contributed by atoms with Crippen molar-refractivity contribution < 1.29 is 29.2 Å². The standard InChI is InChI=1S/C21H25NO6/c1-11(23)19(24)27-14-6-7-21(25)15-10-12-4-5-13(26-3)17-16(12)20(21,18(14)28-17)8-9-22(15)2/h4-6,11,15,18,23,25H,7-10H2,1-3H3/t11?,15-,18+,20+,21-/m1/s1. The van der Waals surface area contributed by atoms with Crippen LogP contribution < -0.4 is 9.47 Å². The van der Waals surface area contributed by atoms with Gasteiger partial charge in [0.25, 0.3) is 0 Å². The molecule has 7 nitrogen and oxygen atoms in total. The number of methoxy groups -OCH3 is 1. The third kappa shape index (κ3) is 1.97. The number of aliphatic hydroxyl groups excluding tert-OH is 1. The van der Waals surface area contributed by atoms with E-state index in [9.17, 15) is 15.0 Å². The van der Waals surface area contributed by atoms with Crippen molar-refractivity contribution in [3.63, 3.8) is 0 Å². The molecule has 2 heterocycles. The Balaban J connectivity index is 1.72. The van der Waals surface area contributed by atoms with E-state index in [0.717, 1.165) is 24.1 Å². The number of carbonyl (C=O) groups excluding carboxylic acids is 1. The Morgan fingerprint density at radius 3 is 2.93 bits per heavy atom. The van der Waals surface area contributed by atoms with Gasteiger partial charge in [0.05, 0.1) is 18.1 Å². The van der Waals surface area contributed by atoms with Crippen LogP contribution >= 0.6 is 0 Å². The Hall–Kier alpha value is -2.09. The molecule has 2 N–H and O–H groups in total. The summed E-state index contributed by atoms with van der Waals surface area (Å²) >= 11 is 0. The van der Waals surface area contributed by atoms with Gasteiger partial charge in [-0.2, -0.15) is 0 Å². The van der Waals surface area contributed by atoms with Crippen LogP contribution in [-0.4, -0.2) is 65.6 Å². The van der Waals surface area contributed by atoms with Crippen LogP contribution in [0.25, 0.3) is 0 Å². The summed E-state index contributed by atoms with van der Waals surface area (Å²) in [6.07, 6.45) is 1.66. The average molecular weight is 387 g/mol. The van der Waals surface area contributed by atoms with Crippen LogP contribution in [0, 0.1) is 0 Å². The van der Waals surface area contributed by atoms with Crippen LogP contribution in [0.15, 0.2) is 24.0 Å². The van der Waals surface area contributed by atoms with E-state index in [1.807, 2.05) is 13.1 Å². The van der Waals surface area contributed by atoms with E-state index < -0.39 is 29.2 Å². The molecule has 1 fully saturated rings. The molecule has 7 heteroatoms. The van der Waals surface area contributed by atoms with Crippen molar-refractivity contribution >= 4 is 5.97 Å². The van der Waals surface area contributed by atoms with Gasteiger partial charge in [-0.05, 0) is 51.1 Å². The number of nitrogens with zero attached hydrogens (tertiary/aromatic N) is 1. The quantitative estimate of drug-likeness (QED) is 0.745. The maximum Gasteiger partial charge on any atom is 0.339 e. The monoisotopic (exact) mass is 387 g/mol. The smallest absolute Gasteiger partial charge is 0.339 e. The Bertz CT molecular complexity index is 895. The molecule has 28 heavy (non-hydrogen) atoms. The Morgan fingerprint density at radius 2 is 2.21 bits per heavy atom. The van der Waals surface area contributed by atoms with Crippen molar-refractivity contribution in [1.82, 2.24) is 4.90 Å². The third-order valence-electron chi connectivity index (χ3n) is 7.12. The topological polar surface area (TPSA) is 88.5 Å². The first kappa shape index (κ1) is 18.0. The molecule has 0 aromatic heterocycles. The molecule has 0 amide bonds. The van der Waals surface area contributed by atoms with Gasteiger partial charge in [-0.3, -0.25) is 0 Å². The van der Waals surface area contributed by atoms with Gasteiger partial charge in [0.15, 0.2) is 17.6 Å². The van der Waals surface area contributed by atoms with E-state index in [1.54, 1.807) is 13.2 Å². The van der Waals surface area contributed by atoms with E-state index in [1.165, 1.54) is 6.92 Å². The lowest BCUT2D eigenvalue weighted by Gasteiger charge is -2.61. The highest BCUT2D eigenvalue weighted by Gasteiger charge is 2.72. The average Bonchev–Trinajstić information content (AvgIpc) is 3.02. The molecule has 150 valence electrons. The molecular formula is C21H25NO6. The first-order valence-electron chi connectivity index (χ1n) is 9.73. The SMILES string of the molecule is COc1ccc2c3c1O[C@H]1C(OC(=O)C(C)O)=CC[C@@]4(O)[C@@H](C2)N(C)CC[C@]314. The molecule has 1 aromatic carbocycles. The first-order valence-corrected chi connectivity index (χ1v) is 9.73. The van der Waals surface area contributed by atoms with Crippen molar-refractivity contribution in [1.29, 1.82) is 0 Å². The molecule has 0 saturated carbocycles. The fourth-order valence-corrected chi connectivity index (χ4v) is 5.79. The van der Waals surface area contributed by atoms with Crippen molar-refractivity contribution in [3.05, 3.63) is 35.1 Å². The van der Waals surface area contributed by atoms with Crippen LogP contribution in [0.5, 0.6) is 11.5 Å². The van der Waals surface area contributed by atoms with Gasteiger partial charge in [-0.15, -0.1) is 0 Å². The highest BCUT2D eigenvalue weighted by molar-refractivity contribution is 5.75. The lowest BCUT2D eigenvalue weighted by atomic mass is 9.50. The van der Waals surface area contributed by atoms with Crippen LogP contribution in [0.4, 0.5) is 0 Å². The van der Waals surface area contributed by atoms with E-state index >= 15 is 0 Å². The maximum absolute atomic E-state index is 12.1. The molecule has 1 spiro atoms. The molecule has 1 unspecified atom stereocenters. The molecule has 5 atom stereocenters. The van der Waals surface area contributed by atoms with Crippen LogP contribution in [0.2, 0.25) is 0 Å². The zero-order chi connectivity index (χ0) is 19.8. The predicted octanol–water partition coefficient (Wildman–Crippen LogP) is 0.897. The summed E-state index contributed by atoms with van der Waals surface area (Å²) in [6.45, 7) is 2.18. The normalized spacial score (nSPS) is 36.1. The summed E-state index contributed by atoms with van der Waals surface area (Å²) in [5.74, 6) is 0.890. The predicted molar refractivity (Wildman–Crippen MR) is 99.2 cm³/mol. The number of likely N-dealkylation sites (N-methyl/N-ethyl adjacent to an activating group) is 1. The summed E-state index contributed by atoms with van der Waals surface area (Å²) in [6, 6.07) is 3.90. The molecular weight excluding hydrogens is 362 g/mol. The summed E-state index contributed by atoms with van der Waals surface area (Å²) in [4.78, 5) is 14.3. The van der Waals surface area contributed by atoms with Gasteiger partial charge in [0.1, 0.15) is 11.9 Å². The molecule has 1 aromatic rings. The fraction of sp³-hybridized carbons (Fsp3) is 0.571. The van der Waals surface area contributed by atoms with E-state index in [-0.39, 0.29) is 6.04 Å². The Morgan fingerprint density at radius 1 is 1.43 bits per heavy atom. The highest BCUT2D eigenvalue weighted by Crippen LogP contribution is 2.65. The van der Waals surface area contributed by atoms with E-state index in [4.69, 9.17) is 14.2 Å². The van der Waals surface area contributed by atoms with Gasteiger partial charge in [-0.1, -0.05) is 6.07 Å². The van der Waals surface area contributed by atoms with E-state index in [0.29, 0.717) is 30.1 Å². The minimum absolute atomic E-state index is 0.0514.